The molecular weight excluding hydrogens is 301 g/mol. The van der Waals surface area contributed by atoms with Gasteiger partial charge in [-0.05, 0) is 53.5 Å². The summed E-state index contributed by atoms with van der Waals surface area (Å²) in [5, 5.41) is 11.8. The van der Waals surface area contributed by atoms with E-state index in [0.717, 1.165) is 18.5 Å². The van der Waals surface area contributed by atoms with Gasteiger partial charge in [-0.15, -0.1) is 0 Å². The average molecular weight is 320 g/mol. The van der Waals surface area contributed by atoms with Crippen LogP contribution in [0, 0.1) is 5.82 Å². The molecule has 1 atom stereocenters. The highest BCUT2D eigenvalue weighted by atomic mass is 79.9. The highest BCUT2D eigenvalue weighted by Crippen LogP contribution is 2.20. The quantitative estimate of drug-likeness (QED) is 0.724. The summed E-state index contributed by atoms with van der Waals surface area (Å²) < 4.78 is 19.0. The molecule has 0 saturated heterocycles. The van der Waals surface area contributed by atoms with Crippen molar-refractivity contribution >= 4 is 15.9 Å². The lowest BCUT2D eigenvalue weighted by Crippen LogP contribution is -2.21. The monoisotopic (exact) mass is 319 g/mol. The Hall–Kier alpha value is -0.490. The van der Waals surface area contributed by atoms with Gasteiger partial charge in [-0.1, -0.05) is 6.07 Å². The Labute approximate surface area is 115 Å². The first-order valence-electron chi connectivity index (χ1n) is 6.02. The first kappa shape index (κ1) is 15.6. The number of nitrogens with one attached hydrogen (secondary N) is 1. The minimum absolute atomic E-state index is 0.0575. The fourth-order valence-corrected chi connectivity index (χ4v) is 1.81. The molecule has 102 valence electrons. The van der Waals surface area contributed by atoms with Crippen molar-refractivity contribution in [3.05, 3.63) is 34.1 Å². The van der Waals surface area contributed by atoms with Crippen molar-refractivity contribution in [3.63, 3.8) is 0 Å². The van der Waals surface area contributed by atoms with Crippen molar-refractivity contribution in [2.75, 3.05) is 26.4 Å². The third-order valence-electron chi connectivity index (χ3n) is 2.60. The van der Waals surface area contributed by atoms with Gasteiger partial charge in [0.2, 0.25) is 0 Å². The second kappa shape index (κ2) is 8.58. The van der Waals surface area contributed by atoms with Gasteiger partial charge < -0.3 is 15.2 Å². The summed E-state index contributed by atoms with van der Waals surface area (Å²) in [6.45, 7) is 3.85. The standard InChI is InChI=1S/C13H19BrFNO2/c1-10(16-5-2-7-18-8-6-17)11-3-4-12(14)13(15)9-11/h3-4,9-10,16-17H,2,5-8H2,1H3. The van der Waals surface area contributed by atoms with Gasteiger partial charge in [0.15, 0.2) is 0 Å². The third-order valence-corrected chi connectivity index (χ3v) is 3.24. The van der Waals surface area contributed by atoms with Crippen molar-refractivity contribution in [2.24, 2.45) is 0 Å². The van der Waals surface area contributed by atoms with Gasteiger partial charge in [0.05, 0.1) is 17.7 Å². The molecule has 1 aromatic carbocycles. The molecule has 0 spiro atoms. The molecule has 3 nitrogen and oxygen atoms in total. The second-order valence-electron chi connectivity index (χ2n) is 4.04. The molecule has 2 N–H and O–H groups in total. The number of hydrogen-bond donors (Lipinski definition) is 2. The van der Waals surface area contributed by atoms with Gasteiger partial charge in [0.25, 0.3) is 0 Å². The van der Waals surface area contributed by atoms with Gasteiger partial charge in [-0.25, -0.2) is 4.39 Å². The molecule has 0 fully saturated rings. The Balaban J connectivity index is 2.27. The van der Waals surface area contributed by atoms with Crippen LogP contribution in [0.25, 0.3) is 0 Å². The first-order valence-corrected chi connectivity index (χ1v) is 6.81. The van der Waals surface area contributed by atoms with E-state index in [1.54, 1.807) is 6.07 Å². The van der Waals surface area contributed by atoms with Crippen molar-refractivity contribution in [3.8, 4) is 0 Å². The molecule has 1 rings (SSSR count). The van der Waals surface area contributed by atoms with Gasteiger partial charge >= 0.3 is 0 Å². The van der Waals surface area contributed by atoms with E-state index in [9.17, 15) is 4.39 Å². The van der Waals surface area contributed by atoms with E-state index in [-0.39, 0.29) is 18.5 Å². The smallest absolute Gasteiger partial charge is 0.137 e. The first-order chi connectivity index (χ1) is 8.65. The molecule has 5 heteroatoms. The van der Waals surface area contributed by atoms with Crippen LogP contribution in [0.5, 0.6) is 0 Å². The normalized spacial score (nSPS) is 12.7. The van der Waals surface area contributed by atoms with Crippen LogP contribution in [0.1, 0.15) is 24.9 Å². The van der Waals surface area contributed by atoms with E-state index in [1.807, 2.05) is 13.0 Å². The SMILES string of the molecule is CC(NCCCOCCO)c1ccc(Br)c(F)c1. The number of benzene rings is 1. The topological polar surface area (TPSA) is 41.5 Å². The van der Waals surface area contributed by atoms with Gasteiger partial charge in [-0.2, -0.15) is 0 Å². The molecule has 1 unspecified atom stereocenters. The average Bonchev–Trinajstić information content (AvgIpc) is 2.36. The maximum absolute atomic E-state index is 13.3. The maximum atomic E-state index is 13.3. The number of hydrogen-bond acceptors (Lipinski definition) is 3. The van der Waals surface area contributed by atoms with Crippen LogP contribution in [-0.2, 0) is 4.74 Å². The fourth-order valence-electron chi connectivity index (χ4n) is 1.56. The van der Waals surface area contributed by atoms with Crippen molar-refractivity contribution in [1.29, 1.82) is 0 Å². The summed E-state index contributed by atoms with van der Waals surface area (Å²) in [6.07, 6.45) is 0.864. The van der Waals surface area contributed by atoms with E-state index in [4.69, 9.17) is 9.84 Å². The summed E-state index contributed by atoms with van der Waals surface area (Å²) in [5.74, 6) is -0.243. The number of ether oxygens (including phenoxy) is 1. The Morgan fingerprint density at radius 3 is 2.89 bits per heavy atom. The van der Waals surface area contributed by atoms with E-state index in [2.05, 4.69) is 21.2 Å². The highest BCUT2D eigenvalue weighted by Gasteiger charge is 2.07. The summed E-state index contributed by atoms with van der Waals surface area (Å²) in [6, 6.07) is 5.25. The number of halogens is 2. The molecule has 0 radical (unpaired) electrons. The summed E-state index contributed by atoms with van der Waals surface area (Å²) in [5.41, 5.74) is 0.923. The van der Waals surface area contributed by atoms with Crippen LogP contribution in [-0.4, -0.2) is 31.5 Å². The molecule has 0 aliphatic rings. The number of aliphatic hydroxyl groups excluding tert-OH is 1. The number of aliphatic hydroxyl groups is 1. The van der Waals surface area contributed by atoms with Crippen molar-refractivity contribution in [2.45, 2.75) is 19.4 Å². The van der Waals surface area contributed by atoms with E-state index >= 15 is 0 Å². The predicted molar refractivity (Wildman–Crippen MR) is 73.0 cm³/mol. The lowest BCUT2D eigenvalue weighted by atomic mass is 10.1. The highest BCUT2D eigenvalue weighted by molar-refractivity contribution is 9.10. The Morgan fingerprint density at radius 1 is 1.44 bits per heavy atom. The molecule has 0 aromatic heterocycles. The van der Waals surface area contributed by atoms with Crippen LogP contribution >= 0.6 is 15.9 Å². The number of rotatable bonds is 8. The summed E-state index contributed by atoms with van der Waals surface area (Å²) in [4.78, 5) is 0. The maximum Gasteiger partial charge on any atom is 0.137 e. The van der Waals surface area contributed by atoms with Crippen LogP contribution in [0.4, 0.5) is 4.39 Å². The molecule has 0 bridgehead atoms. The molecule has 0 heterocycles. The second-order valence-corrected chi connectivity index (χ2v) is 4.89. The Morgan fingerprint density at radius 2 is 2.22 bits per heavy atom. The molecule has 18 heavy (non-hydrogen) atoms. The Bertz CT molecular complexity index is 363. The lowest BCUT2D eigenvalue weighted by molar-refractivity contribution is 0.0904. The van der Waals surface area contributed by atoms with Gasteiger partial charge in [0.1, 0.15) is 5.82 Å². The van der Waals surface area contributed by atoms with Gasteiger partial charge in [-0.3, -0.25) is 0 Å². The summed E-state index contributed by atoms with van der Waals surface area (Å²) in [7, 11) is 0. The molecular formula is C13H19BrFNO2. The fraction of sp³-hybridized carbons (Fsp3) is 0.538. The van der Waals surface area contributed by atoms with Gasteiger partial charge in [0, 0.05) is 12.6 Å². The van der Waals surface area contributed by atoms with Crippen LogP contribution in [0.3, 0.4) is 0 Å². The molecule has 0 amide bonds. The molecule has 1 aromatic rings. The molecule has 0 aliphatic carbocycles. The minimum Gasteiger partial charge on any atom is -0.394 e. The minimum atomic E-state index is -0.243. The van der Waals surface area contributed by atoms with Crippen molar-refractivity contribution < 1.29 is 14.2 Å². The lowest BCUT2D eigenvalue weighted by Gasteiger charge is -2.14. The predicted octanol–water partition coefficient (Wildman–Crippen LogP) is 2.64. The van der Waals surface area contributed by atoms with E-state index in [1.165, 1.54) is 6.07 Å². The third kappa shape index (κ3) is 5.44. The largest absolute Gasteiger partial charge is 0.394 e. The van der Waals surface area contributed by atoms with Crippen molar-refractivity contribution in [1.82, 2.24) is 5.32 Å². The molecule has 0 saturated carbocycles. The zero-order valence-electron chi connectivity index (χ0n) is 10.5. The van der Waals surface area contributed by atoms with E-state index < -0.39 is 0 Å². The zero-order valence-corrected chi connectivity index (χ0v) is 12.0. The van der Waals surface area contributed by atoms with Crippen LogP contribution in [0.2, 0.25) is 0 Å². The van der Waals surface area contributed by atoms with Crippen LogP contribution in [0.15, 0.2) is 22.7 Å². The Kier molecular flexibility index (Phi) is 7.42. The summed E-state index contributed by atoms with van der Waals surface area (Å²) >= 11 is 3.13. The zero-order chi connectivity index (χ0) is 13.4. The van der Waals surface area contributed by atoms with Crippen LogP contribution < -0.4 is 5.32 Å². The molecule has 0 aliphatic heterocycles. The van der Waals surface area contributed by atoms with E-state index in [0.29, 0.717) is 17.7 Å².